The minimum Gasteiger partial charge on any atom is -0.459 e. The van der Waals surface area contributed by atoms with Gasteiger partial charge in [-0.05, 0) is 23.6 Å². The van der Waals surface area contributed by atoms with Crippen molar-refractivity contribution in [1.29, 1.82) is 0 Å². The van der Waals surface area contributed by atoms with Crippen molar-refractivity contribution in [2.24, 2.45) is 0 Å². The van der Waals surface area contributed by atoms with Gasteiger partial charge in [0, 0.05) is 50.2 Å². The van der Waals surface area contributed by atoms with Crippen LogP contribution in [0.1, 0.15) is 20.9 Å². The summed E-state index contributed by atoms with van der Waals surface area (Å²) in [5.41, 5.74) is 0.712. The van der Waals surface area contributed by atoms with Gasteiger partial charge in [0.1, 0.15) is 0 Å². The highest BCUT2D eigenvalue weighted by Gasteiger charge is 2.23. The normalized spacial score (nSPS) is 14.9. The number of hydrogen-bond acceptors (Lipinski definition) is 5. The number of thiophene rings is 1. The summed E-state index contributed by atoms with van der Waals surface area (Å²) >= 11 is 1.51. The fraction of sp³-hybridized carbons (Fsp3) is 0.375. The highest BCUT2D eigenvalue weighted by Crippen LogP contribution is 2.09. The topological polar surface area (TPSA) is 65.8 Å². The zero-order valence-corrected chi connectivity index (χ0v) is 14.8. The number of piperazine rings is 1. The second kappa shape index (κ2) is 8.86. The molecule has 0 aromatic carbocycles. The van der Waals surface area contributed by atoms with Crippen LogP contribution in [0.4, 0.5) is 0 Å². The summed E-state index contributed by atoms with van der Waals surface area (Å²) in [4.78, 5) is 28.0. The van der Waals surface area contributed by atoms with Crippen molar-refractivity contribution in [3.8, 4) is 0 Å². The molecule has 1 aliphatic rings. The zero-order chi connectivity index (χ0) is 16.1. The third kappa shape index (κ3) is 4.59. The highest BCUT2D eigenvalue weighted by atomic mass is 35.5. The summed E-state index contributed by atoms with van der Waals surface area (Å²) < 4.78 is 5.15. The first-order chi connectivity index (χ1) is 11.2. The molecular weight excluding hydrogens is 350 g/mol. The van der Waals surface area contributed by atoms with E-state index in [-0.39, 0.29) is 24.2 Å². The molecule has 1 saturated heterocycles. The molecule has 0 spiro atoms. The van der Waals surface area contributed by atoms with Gasteiger partial charge in [-0.3, -0.25) is 14.5 Å². The standard InChI is InChI=1S/C16H19N3O3S.ClH/c20-15(13-3-11-23-12-13)17-4-5-18-6-8-19(9-7-18)16(21)14-2-1-10-22-14;/h1-3,10-12H,4-9H2,(H,17,20);1H. The smallest absolute Gasteiger partial charge is 0.289 e. The molecule has 0 radical (unpaired) electrons. The molecule has 0 aliphatic carbocycles. The van der Waals surface area contributed by atoms with Crippen molar-refractivity contribution in [2.75, 3.05) is 39.3 Å². The maximum Gasteiger partial charge on any atom is 0.289 e. The second-order valence-electron chi connectivity index (χ2n) is 5.38. The molecule has 1 fully saturated rings. The first kappa shape index (κ1) is 18.5. The molecule has 24 heavy (non-hydrogen) atoms. The van der Waals surface area contributed by atoms with Crippen molar-refractivity contribution in [3.05, 3.63) is 46.5 Å². The number of nitrogens with one attached hydrogen (secondary N) is 1. The van der Waals surface area contributed by atoms with E-state index in [2.05, 4.69) is 10.2 Å². The molecule has 2 aromatic heterocycles. The maximum absolute atomic E-state index is 12.2. The van der Waals surface area contributed by atoms with Crippen LogP contribution in [-0.4, -0.2) is 60.9 Å². The molecular formula is C16H20ClN3O3S. The molecule has 1 N–H and O–H groups in total. The number of carbonyl (C=O) groups is 2. The van der Waals surface area contributed by atoms with E-state index in [9.17, 15) is 9.59 Å². The van der Waals surface area contributed by atoms with E-state index in [0.717, 1.165) is 19.6 Å². The van der Waals surface area contributed by atoms with Gasteiger partial charge in [0.15, 0.2) is 5.76 Å². The molecule has 0 saturated carbocycles. The summed E-state index contributed by atoms with van der Waals surface area (Å²) in [6.07, 6.45) is 1.51. The number of carbonyl (C=O) groups excluding carboxylic acids is 2. The van der Waals surface area contributed by atoms with Crippen molar-refractivity contribution in [3.63, 3.8) is 0 Å². The van der Waals surface area contributed by atoms with Crippen LogP contribution in [0.2, 0.25) is 0 Å². The molecule has 3 heterocycles. The van der Waals surface area contributed by atoms with Gasteiger partial charge >= 0.3 is 0 Å². The predicted octanol–water partition coefficient (Wildman–Crippen LogP) is 1.95. The molecule has 0 unspecified atom stereocenters. The van der Waals surface area contributed by atoms with Gasteiger partial charge in [-0.25, -0.2) is 0 Å². The fourth-order valence-electron chi connectivity index (χ4n) is 2.55. The molecule has 0 atom stereocenters. The van der Waals surface area contributed by atoms with Gasteiger partial charge in [-0.2, -0.15) is 11.3 Å². The second-order valence-corrected chi connectivity index (χ2v) is 6.16. The van der Waals surface area contributed by atoms with Crippen molar-refractivity contribution in [2.45, 2.75) is 0 Å². The van der Waals surface area contributed by atoms with Gasteiger partial charge < -0.3 is 14.6 Å². The monoisotopic (exact) mass is 369 g/mol. The van der Waals surface area contributed by atoms with Gasteiger partial charge in [-0.15, -0.1) is 12.4 Å². The van der Waals surface area contributed by atoms with Crippen molar-refractivity contribution >= 4 is 35.6 Å². The third-order valence-electron chi connectivity index (χ3n) is 3.89. The quantitative estimate of drug-likeness (QED) is 0.874. The lowest BCUT2D eigenvalue weighted by Crippen LogP contribution is -2.50. The van der Waals surface area contributed by atoms with Crippen molar-refractivity contribution in [1.82, 2.24) is 15.1 Å². The average Bonchev–Trinajstić information content (AvgIpc) is 3.28. The molecule has 1 aliphatic heterocycles. The Kier molecular flexibility index (Phi) is 6.84. The zero-order valence-electron chi connectivity index (χ0n) is 13.1. The van der Waals surface area contributed by atoms with Crippen LogP contribution in [-0.2, 0) is 0 Å². The molecule has 6 nitrogen and oxygen atoms in total. The number of nitrogens with zero attached hydrogens (tertiary/aromatic N) is 2. The lowest BCUT2D eigenvalue weighted by Gasteiger charge is -2.34. The van der Waals surface area contributed by atoms with E-state index in [1.54, 1.807) is 17.0 Å². The fourth-order valence-corrected chi connectivity index (χ4v) is 3.19. The molecule has 2 aromatic rings. The van der Waals surface area contributed by atoms with E-state index in [1.165, 1.54) is 17.6 Å². The van der Waals surface area contributed by atoms with Gasteiger partial charge in [-0.1, -0.05) is 0 Å². The lowest BCUT2D eigenvalue weighted by atomic mass is 10.2. The van der Waals surface area contributed by atoms with E-state index < -0.39 is 0 Å². The average molecular weight is 370 g/mol. The van der Waals surface area contributed by atoms with Gasteiger partial charge in [0.05, 0.1) is 6.26 Å². The minimum atomic E-state index is -0.0552. The molecule has 0 bridgehead atoms. The number of furan rings is 1. The number of halogens is 1. The Morgan fingerprint density at radius 1 is 1.21 bits per heavy atom. The van der Waals surface area contributed by atoms with E-state index in [4.69, 9.17) is 4.42 Å². The minimum absolute atomic E-state index is 0. The first-order valence-electron chi connectivity index (χ1n) is 7.59. The number of amides is 2. The van der Waals surface area contributed by atoms with E-state index in [1.807, 2.05) is 16.8 Å². The summed E-state index contributed by atoms with van der Waals surface area (Å²) in [7, 11) is 0. The Labute approximate surface area is 150 Å². The lowest BCUT2D eigenvalue weighted by molar-refractivity contribution is 0.0607. The molecule has 8 heteroatoms. The maximum atomic E-state index is 12.2. The molecule has 3 rings (SSSR count). The SMILES string of the molecule is Cl.O=C(NCCN1CCN(C(=O)c2ccco2)CC1)c1ccsc1. The van der Waals surface area contributed by atoms with E-state index in [0.29, 0.717) is 31.0 Å². The van der Waals surface area contributed by atoms with Crippen LogP contribution >= 0.6 is 23.7 Å². The van der Waals surface area contributed by atoms with Crippen LogP contribution < -0.4 is 5.32 Å². The van der Waals surface area contributed by atoms with Gasteiger partial charge in [0.2, 0.25) is 0 Å². The van der Waals surface area contributed by atoms with Gasteiger partial charge in [0.25, 0.3) is 11.8 Å². The van der Waals surface area contributed by atoms with Crippen LogP contribution in [0.15, 0.2) is 39.6 Å². The molecule has 2 amide bonds. The number of hydrogen-bond donors (Lipinski definition) is 1. The summed E-state index contributed by atoms with van der Waals surface area (Å²) in [6, 6.07) is 5.23. The Hall–Kier alpha value is -1.83. The van der Waals surface area contributed by atoms with Crippen molar-refractivity contribution < 1.29 is 14.0 Å². The summed E-state index contributed by atoms with van der Waals surface area (Å²) in [5.74, 6) is 0.305. The summed E-state index contributed by atoms with van der Waals surface area (Å²) in [6.45, 7) is 4.37. The Bertz CT molecular complexity index is 635. The van der Waals surface area contributed by atoms with Crippen LogP contribution in [0.5, 0.6) is 0 Å². The largest absolute Gasteiger partial charge is 0.459 e. The van der Waals surface area contributed by atoms with Crippen LogP contribution in [0, 0.1) is 0 Å². The Morgan fingerprint density at radius 3 is 2.62 bits per heavy atom. The number of rotatable bonds is 5. The predicted molar refractivity (Wildman–Crippen MR) is 95.0 cm³/mol. The van der Waals surface area contributed by atoms with Crippen LogP contribution in [0.25, 0.3) is 0 Å². The Balaban J connectivity index is 0.00000208. The molecule has 130 valence electrons. The third-order valence-corrected chi connectivity index (χ3v) is 4.57. The first-order valence-corrected chi connectivity index (χ1v) is 8.54. The van der Waals surface area contributed by atoms with E-state index >= 15 is 0 Å². The van der Waals surface area contributed by atoms with Crippen LogP contribution in [0.3, 0.4) is 0 Å². The highest BCUT2D eigenvalue weighted by molar-refractivity contribution is 7.08. The summed E-state index contributed by atoms with van der Waals surface area (Å²) in [5, 5.41) is 6.65. The Morgan fingerprint density at radius 2 is 2.00 bits per heavy atom.